The number of nitrogen functional groups attached to an aromatic ring is 1. The second kappa shape index (κ2) is 3.49. The monoisotopic (exact) mass is 191 g/mol. The lowest BCUT2D eigenvalue weighted by Gasteiger charge is -2.00. The normalized spacial score (nSPS) is 10.4. The maximum atomic E-state index is 13.2. The van der Waals surface area contributed by atoms with Gasteiger partial charge in [-0.05, 0) is 11.6 Å². The summed E-state index contributed by atoms with van der Waals surface area (Å²) >= 11 is 0. The highest BCUT2D eigenvalue weighted by Gasteiger charge is 2.06. The van der Waals surface area contributed by atoms with Gasteiger partial charge in [0.25, 0.3) is 0 Å². The number of rotatable bonds is 2. The Bertz CT molecular complexity index is 436. The topological polar surface area (TPSA) is 54.7 Å². The average Bonchev–Trinajstić information content (AvgIpc) is 2.56. The molecule has 0 bridgehead atoms. The number of aromatic nitrogens is 2. The fourth-order valence-electron chi connectivity index (χ4n) is 1.30. The van der Waals surface area contributed by atoms with E-state index in [1.807, 2.05) is 0 Å². The summed E-state index contributed by atoms with van der Waals surface area (Å²) in [4.78, 5) is 6.76. The number of anilines is 1. The summed E-state index contributed by atoms with van der Waals surface area (Å²) in [7, 11) is 0. The summed E-state index contributed by atoms with van der Waals surface area (Å²) in [6.07, 6.45) is 1.92. The molecule has 3 nitrogen and oxygen atoms in total. The molecule has 0 aliphatic carbocycles. The minimum Gasteiger partial charge on any atom is -0.384 e. The standard InChI is InChI=1S/C10H10FN3/c11-8-4-2-1-3-7(8)5-9-10(12)14-6-13-9/h1-4,6H,5,12H2,(H,13,14). The molecule has 0 radical (unpaired) electrons. The van der Waals surface area contributed by atoms with Gasteiger partial charge in [0.05, 0.1) is 12.0 Å². The van der Waals surface area contributed by atoms with E-state index in [4.69, 9.17) is 5.73 Å². The Hall–Kier alpha value is -1.84. The summed E-state index contributed by atoms with van der Waals surface area (Å²) in [5.74, 6) is 0.267. The predicted octanol–water partition coefficient (Wildman–Crippen LogP) is 1.72. The van der Waals surface area contributed by atoms with Crippen molar-refractivity contribution in [1.82, 2.24) is 9.97 Å². The lowest BCUT2D eigenvalue weighted by atomic mass is 10.1. The first-order chi connectivity index (χ1) is 6.77. The molecule has 3 N–H and O–H groups in total. The molecule has 1 heterocycles. The van der Waals surface area contributed by atoms with Gasteiger partial charge in [-0.3, -0.25) is 0 Å². The van der Waals surface area contributed by atoms with Crippen molar-refractivity contribution in [2.45, 2.75) is 6.42 Å². The molecule has 0 unspecified atom stereocenters. The van der Waals surface area contributed by atoms with Crippen molar-refractivity contribution >= 4 is 5.82 Å². The van der Waals surface area contributed by atoms with E-state index in [0.29, 0.717) is 23.5 Å². The molecule has 1 aromatic carbocycles. The van der Waals surface area contributed by atoms with Crippen molar-refractivity contribution in [2.24, 2.45) is 0 Å². The van der Waals surface area contributed by atoms with Crippen LogP contribution in [0, 0.1) is 5.82 Å². The Morgan fingerprint density at radius 1 is 1.36 bits per heavy atom. The minimum absolute atomic E-state index is 0.227. The molecule has 0 atom stereocenters. The van der Waals surface area contributed by atoms with E-state index >= 15 is 0 Å². The number of halogens is 1. The van der Waals surface area contributed by atoms with Gasteiger partial charge in [-0.1, -0.05) is 18.2 Å². The second-order valence-corrected chi connectivity index (χ2v) is 3.03. The Labute approximate surface area is 80.8 Å². The van der Waals surface area contributed by atoms with E-state index in [9.17, 15) is 4.39 Å². The van der Waals surface area contributed by atoms with Crippen molar-refractivity contribution < 1.29 is 4.39 Å². The van der Waals surface area contributed by atoms with Crippen LogP contribution in [0.5, 0.6) is 0 Å². The number of imidazole rings is 1. The zero-order valence-corrected chi connectivity index (χ0v) is 7.50. The van der Waals surface area contributed by atoms with Gasteiger partial charge in [-0.25, -0.2) is 9.37 Å². The largest absolute Gasteiger partial charge is 0.384 e. The van der Waals surface area contributed by atoms with Gasteiger partial charge in [-0.15, -0.1) is 0 Å². The number of aromatic amines is 1. The van der Waals surface area contributed by atoms with E-state index in [1.165, 1.54) is 12.4 Å². The van der Waals surface area contributed by atoms with Gasteiger partial charge in [0.15, 0.2) is 0 Å². The van der Waals surface area contributed by atoms with E-state index in [1.54, 1.807) is 18.2 Å². The highest BCUT2D eigenvalue weighted by molar-refractivity contribution is 5.37. The summed E-state index contributed by atoms with van der Waals surface area (Å²) in [5, 5.41) is 0. The van der Waals surface area contributed by atoms with Gasteiger partial charge in [0, 0.05) is 6.42 Å². The van der Waals surface area contributed by atoms with E-state index < -0.39 is 0 Å². The zero-order chi connectivity index (χ0) is 9.97. The van der Waals surface area contributed by atoms with Gasteiger partial charge >= 0.3 is 0 Å². The van der Waals surface area contributed by atoms with Crippen LogP contribution in [0.4, 0.5) is 10.2 Å². The number of benzene rings is 1. The molecular weight excluding hydrogens is 181 g/mol. The Morgan fingerprint density at radius 2 is 2.14 bits per heavy atom. The Balaban J connectivity index is 2.28. The highest BCUT2D eigenvalue weighted by Crippen LogP contribution is 2.14. The number of H-pyrrole nitrogens is 1. The lowest BCUT2D eigenvalue weighted by molar-refractivity contribution is 0.613. The quantitative estimate of drug-likeness (QED) is 0.759. The first-order valence-electron chi connectivity index (χ1n) is 4.28. The fraction of sp³-hybridized carbons (Fsp3) is 0.100. The average molecular weight is 191 g/mol. The summed E-state index contributed by atoms with van der Waals surface area (Å²) in [6.45, 7) is 0. The third kappa shape index (κ3) is 1.59. The zero-order valence-electron chi connectivity index (χ0n) is 7.50. The molecule has 0 saturated heterocycles. The maximum Gasteiger partial charge on any atom is 0.126 e. The van der Waals surface area contributed by atoms with Gasteiger partial charge in [-0.2, -0.15) is 0 Å². The molecule has 72 valence electrons. The number of nitrogens with two attached hydrogens (primary N) is 1. The van der Waals surface area contributed by atoms with Crippen molar-refractivity contribution in [2.75, 3.05) is 5.73 Å². The van der Waals surface area contributed by atoms with Gasteiger partial charge in [0.1, 0.15) is 11.6 Å². The molecule has 0 fully saturated rings. The molecule has 0 aliphatic rings. The van der Waals surface area contributed by atoms with Crippen LogP contribution >= 0.6 is 0 Å². The van der Waals surface area contributed by atoms with Crippen LogP contribution in [0.25, 0.3) is 0 Å². The number of hydrogen-bond acceptors (Lipinski definition) is 2. The van der Waals surface area contributed by atoms with Crippen LogP contribution in [-0.4, -0.2) is 9.97 Å². The van der Waals surface area contributed by atoms with Crippen LogP contribution in [0.15, 0.2) is 30.6 Å². The van der Waals surface area contributed by atoms with Crippen LogP contribution in [0.1, 0.15) is 11.3 Å². The number of nitrogens with zero attached hydrogens (tertiary/aromatic N) is 1. The minimum atomic E-state index is -0.227. The van der Waals surface area contributed by atoms with E-state index in [2.05, 4.69) is 9.97 Å². The first-order valence-corrected chi connectivity index (χ1v) is 4.28. The van der Waals surface area contributed by atoms with Crippen LogP contribution in [-0.2, 0) is 6.42 Å². The fourth-order valence-corrected chi connectivity index (χ4v) is 1.30. The summed E-state index contributed by atoms with van der Waals surface area (Å²) in [6, 6.07) is 6.61. The summed E-state index contributed by atoms with van der Waals surface area (Å²) < 4.78 is 13.2. The van der Waals surface area contributed by atoms with Crippen LogP contribution in [0.3, 0.4) is 0 Å². The number of hydrogen-bond donors (Lipinski definition) is 2. The smallest absolute Gasteiger partial charge is 0.126 e. The third-order valence-electron chi connectivity index (χ3n) is 2.07. The maximum absolute atomic E-state index is 13.2. The molecule has 4 heteroatoms. The van der Waals surface area contributed by atoms with Crippen molar-refractivity contribution in [3.63, 3.8) is 0 Å². The Kier molecular flexibility index (Phi) is 2.18. The molecule has 0 spiro atoms. The molecule has 2 aromatic rings. The molecule has 0 amide bonds. The van der Waals surface area contributed by atoms with Crippen molar-refractivity contribution in [3.8, 4) is 0 Å². The molecular formula is C10H10FN3. The molecule has 14 heavy (non-hydrogen) atoms. The van der Waals surface area contributed by atoms with E-state index in [0.717, 1.165) is 0 Å². The SMILES string of the molecule is Nc1[nH]cnc1Cc1ccccc1F. The number of nitrogens with one attached hydrogen (secondary N) is 1. The van der Waals surface area contributed by atoms with E-state index in [-0.39, 0.29) is 5.82 Å². The second-order valence-electron chi connectivity index (χ2n) is 3.03. The first kappa shape index (κ1) is 8.74. The predicted molar refractivity (Wildman–Crippen MR) is 52.2 cm³/mol. The van der Waals surface area contributed by atoms with Crippen LogP contribution in [0.2, 0.25) is 0 Å². The molecule has 0 aliphatic heterocycles. The molecule has 2 rings (SSSR count). The van der Waals surface area contributed by atoms with Gasteiger partial charge < -0.3 is 10.7 Å². The van der Waals surface area contributed by atoms with Crippen molar-refractivity contribution in [3.05, 3.63) is 47.7 Å². The molecule has 1 aromatic heterocycles. The summed E-state index contributed by atoms with van der Waals surface area (Å²) in [5.41, 5.74) is 6.88. The van der Waals surface area contributed by atoms with Crippen molar-refractivity contribution in [1.29, 1.82) is 0 Å². The lowest BCUT2D eigenvalue weighted by Crippen LogP contribution is -1.96. The third-order valence-corrected chi connectivity index (χ3v) is 2.07. The molecule has 0 saturated carbocycles. The van der Waals surface area contributed by atoms with Crippen LogP contribution < -0.4 is 5.73 Å². The van der Waals surface area contributed by atoms with Gasteiger partial charge in [0.2, 0.25) is 0 Å². The highest BCUT2D eigenvalue weighted by atomic mass is 19.1. The Morgan fingerprint density at radius 3 is 2.79 bits per heavy atom.